The molecule has 2 aliphatic heterocycles. The van der Waals surface area contributed by atoms with Gasteiger partial charge in [-0.05, 0) is 36.8 Å². The first-order valence-electron chi connectivity index (χ1n) is 13.3. The first-order valence-corrected chi connectivity index (χ1v) is 15.3. The van der Waals surface area contributed by atoms with Crippen LogP contribution in [0.15, 0.2) is 53.5 Å². The molecule has 1 fully saturated rings. The third-order valence-corrected chi connectivity index (χ3v) is 8.43. The van der Waals surface area contributed by atoms with Gasteiger partial charge in [0.15, 0.2) is 5.75 Å². The topological polar surface area (TPSA) is 148 Å². The number of piperidine rings is 1. The molecule has 0 unspecified atom stereocenters. The molecular formula is C28H34ClN5O6S. The van der Waals surface area contributed by atoms with E-state index in [4.69, 9.17) is 37.0 Å². The smallest absolute Gasteiger partial charge is 0.323 e. The maximum absolute atomic E-state index is 13.3. The summed E-state index contributed by atoms with van der Waals surface area (Å²) in [5.41, 5.74) is 7.14. The molecule has 41 heavy (non-hydrogen) atoms. The fraction of sp³-hybridized carbons (Fsp3) is 0.393. The maximum atomic E-state index is 13.3. The van der Waals surface area contributed by atoms with E-state index in [1.807, 2.05) is 6.07 Å². The van der Waals surface area contributed by atoms with Gasteiger partial charge < -0.3 is 24.8 Å². The van der Waals surface area contributed by atoms with Gasteiger partial charge in [0.05, 0.1) is 30.4 Å². The highest BCUT2D eigenvalue weighted by atomic mass is 35.5. The first-order chi connectivity index (χ1) is 19.7. The molecule has 0 aliphatic carbocycles. The van der Waals surface area contributed by atoms with Gasteiger partial charge in [-0.1, -0.05) is 42.0 Å². The van der Waals surface area contributed by atoms with Crippen LogP contribution in [-0.4, -0.2) is 82.4 Å². The molecule has 0 bridgehead atoms. The highest BCUT2D eigenvalue weighted by Gasteiger charge is 2.28. The van der Waals surface area contributed by atoms with Gasteiger partial charge in [0, 0.05) is 31.5 Å². The number of aliphatic imine (C=N–C) groups is 1. The molecule has 2 aromatic rings. The van der Waals surface area contributed by atoms with E-state index in [0.717, 1.165) is 35.8 Å². The molecule has 2 heterocycles. The number of hydrogen-bond donors (Lipinski definition) is 2. The Morgan fingerprint density at radius 2 is 2.05 bits per heavy atom. The molecule has 11 nitrogen and oxygen atoms in total. The third kappa shape index (κ3) is 8.14. The molecule has 220 valence electrons. The number of anilines is 1. The van der Waals surface area contributed by atoms with Crippen molar-refractivity contribution in [2.24, 2.45) is 10.7 Å². The fourth-order valence-corrected chi connectivity index (χ4v) is 6.01. The second-order valence-corrected chi connectivity index (χ2v) is 11.8. The Morgan fingerprint density at radius 3 is 2.71 bits per heavy atom. The van der Waals surface area contributed by atoms with Gasteiger partial charge in [-0.2, -0.15) is 0 Å². The average molecular weight is 604 g/mol. The number of carbonyl (C=O) groups excluding carboxylic acids is 1. The Morgan fingerprint density at radius 1 is 1.27 bits per heavy atom. The van der Waals surface area contributed by atoms with Crippen molar-refractivity contribution < 1.29 is 27.4 Å². The second kappa shape index (κ2) is 13.7. The van der Waals surface area contributed by atoms with Crippen LogP contribution in [0.5, 0.6) is 5.75 Å². The quantitative estimate of drug-likeness (QED) is 0.226. The SMILES string of the molecule is CCOC(=O)CS(=O)(=O)N(CC=Cc1cccc(C(=N)N)c1)c1ccc(OC2CCN(C3=NCCO3)CC2)c(Cl)c1. The number of esters is 1. The monoisotopic (exact) mass is 603 g/mol. The van der Waals surface area contributed by atoms with Gasteiger partial charge in [-0.3, -0.25) is 14.5 Å². The molecule has 0 amide bonds. The van der Waals surface area contributed by atoms with Gasteiger partial charge in [0.1, 0.15) is 24.3 Å². The first kappa shape index (κ1) is 30.2. The van der Waals surface area contributed by atoms with Crippen molar-refractivity contribution in [1.82, 2.24) is 4.90 Å². The summed E-state index contributed by atoms with van der Waals surface area (Å²) < 4.78 is 44.3. The van der Waals surface area contributed by atoms with E-state index in [2.05, 4.69) is 9.89 Å². The van der Waals surface area contributed by atoms with E-state index < -0.39 is 21.7 Å². The van der Waals surface area contributed by atoms with E-state index in [1.54, 1.807) is 49.4 Å². The molecular weight excluding hydrogens is 570 g/mol. The summed E-state index contributed by atoms with van der Waals surface area (Å²) in [7, 11) is -4.12. The van der Waals surface area contributed by atoms with Crippen molar-refractivity contribution in [2.45, 2.75) is 25.9 Å². The van der Waals surface area contributed by atoms with Crippen LogP contribution in [-0.2, 0) is 24.3 Å². The van der Waals surface area contributed by atoms with E-state index in [-0.39, 0.29) is 35.8 Å². The molecule has 0 saturated carbocycles. The molecule has 0 atom stereocenters. The molecule has 0 spiro atoms. The van der Waals surface area contributed by atoms with Crippen LogP contribution in [0, 0.1) is 5.41 Å². The predicted octanol–water partition coefficient (Wildman–Crippen LogP) is 3.27. The number of nitrogens with zero attached hydrogens (tertiary/aromatic N) is 3. The van der Waals surface area contributed by atoms with Crippen LogP contribution in [0.25, 0.3) is 6.08 Å². The number of hydrogen-bond acceptors (Lipinski definition) is 9. The van der Waals surface area contributed by atoms with Crippen molar-refractivity contribution in [1.29, 1.82) is 5.41 Å². The predicted molar refractivity (Wildman–Crippen MR) is 159 cm³/mol. The molecule has 4 rings (SSSR count). The van der Waals surface area contributed by atoms with Crippen molar-refractivity contribution in [3.8, 4) is 5.75 Å². The van der Waals surface area contributed by atoms with E-state index in [0.29, 0.717) is 30.5 Å². The van der Waals surface area contributed by atoms with Crippen LogP contribution in [0.1, 0.15) is 30.9 Å². The fourth-order valence-electron chi connectivity index (χ4n) is 4.50. The highest BCUT2D eigenvalue weighted by Crippen LogP contribution is 2.33. The number of nitrogens with one attached hydrogen (secondary N) is 1. The summed E-state index contributed by atoms with van der Waals surface area (Å²) >= 11 is 6.57. The van der Waals surface area contributed by atoms with E-state index in [9.17, 15) is 13.2 Å². The molecule has 13 heteroatoms. The number of benzene rings is 2. The van der Waals surface area contributed by atoms with Crippen LogP contribution in [0.4, 0.5) is 5.69 Å². The van der Waals surface area contributed by atoms with Crippen LogP contribution in [0.2, 0.25) is 5.02 Å². The maximum Gasteiger partial charge on any atom is 0.323 e. The standard InChI is InChI=1S/C28H34ClN5O6S/c1-2-38-26(35)19-41(36,37)34(13-4-6-20-5-3-7-21(17-20)27(30)31)22-8-9-25(24(29)18-22)40-23-10-14-33(15-11-23)28-32-12-16-39-28/h3-9,17-18,23H,2,10-16,19H2,1H3,(H3,30,31). The second-order valence-electron chi connectivity index (χ2n) is 9.47. The Labute approximate surface area is 245 Å². The Hall–Kier alpha value is -3.77. The Balaban J connectivity index is 1.49. The number of carbonyl (C=O) groups is 1. The van der Waals surface area contributed by atoms with Crippen molar-refractivity contribution in [3.63, 3.8) is 0 Å². The summed E-state index contributed by atoms with van der Waals surface area (Å²) in [5, 5.41) is 7.87. The molecule has 3 N–H and O–H groups in total. The van der Waals surface area contributed by atoms with Crippen molar-refractivity contribution >= 4 is 51.2 Å². The van der Waals surface area contributed by atoms with Gasteiger partial charge in [0.25, 0.3) is 6.02 Å². The Bertz CT molecular complexity index is 1420. The highest BCUT2D eigenvalue weighted by molar-refractivity contribution is 7.93. The largest absolute Gasteiger partial charge is 0.489 e. The summed E-state index contributed by atoms with van der Waals surface area (Å²) in [6, 6.07) is 12.4. The number of sulfonamides is 1. The molecule has 0 radical (unpaired) electrons. The number of halogens is 1. The minimum Gasteiger partial charge on any atom is -0.489 e. The van der Waals surface area contributed by atoms with Gasteiger partial charge in [0.2, 0.25) is 10.0 Å². The summed E-state index contributed by atoms with van der Waals surface area (Å²) in [5.74, 6) is -1.29. The lowest BCUT2D eigenvalue weighted by Gasteiger charge is -2.32. The van der Waals surface area contributed by atoms with Gasteiger partial charge >= 0.3 is 5.97 Å². The average Bonchev–Trinajstić information content (AvgIpc) is 3.48. The molecule has 1 saturated heterocycles. The lowest BCUT2D eigenvalue weighted by atomic mass is 10.1. The van der Waals surface area contributed by atoms with Crippen LogP contribution < -0.4 is 14.8 Å². The minimum atomic E-state index is -4.12. The number of ether oxygens (including phenoxy) is 3. The third-order valence-electron chi connectivity index (χ3n) is 6.50. The zero-order valence-corrected chi connectivity index (χ0v) is 24.4. The lowest BCUT2D eigenvalue weighted by molar-refractivity contribution is -0.139. The Kier molecular flexibility index (Phi) is 10.1. The number of rotatable bonds is 11. The number of likely N-dealkylation sites (tertiary alicyclic amines) is 1. The van der Waals surface area contributed by atoms with Gasteiger partial charge in [-0.15, -0.1) is 0 Å². The van der Waals surface area contributed by atoms with Crippen LogP contribution >= 0.6 is 11.6 Å². The molecule has 0 aromatic heterocycles. The number of nitrogen functional groups attached to an aromatic ring is 1. The normalized spacial score (nSPS) is 15.9. The van der Waals surface area contributed by atoms with Crippen molar-refractivity contribution in [2.75, 3.05) is 49.5 Å². The summed E-state index contributed by atoms with van der Waals surface area (Å²) in [6.07, 6.45) is 4.82. The molecule has 2 aromatic carbocycles. The van der Waals surface area contributed by atoms with E-state index in [1.165, 1.54) is 6.07 Å². The van der Waals surface area contributed by atoms with E-state index >= 15 is 0 Å². The lowest BCUT2D eigenvalue weighted by Crippen LogP contribution is -2.42. The van der Waals surface area contributed by atoms with Gasteiger partial charge in [-0.25, -0.2) is 13.4 Å². The van der Waals surface area contributed by atoms with Crippen molar-refractivity contribution in [3.05, 3.63) is 64.7 Å². The van der Waals surface area contributed by atoms with Crippen LogP contribution in [0.3, 0.4) is 0 Å². The summed E-state index contributed by atoms with van der Waals surface area (Å²) in [6.45, 7) is 4.40. The summed E-state index contributed by atoms with van der Waals surface area (Å²) in [4.78, 5) is 18.6. The molecule has 2 aliphatic rings. The zero-order valence-electron chi connectivity index (χ0n) is 22.8. The number of amidine groups is 2. The number of nitrogens with two attached hydrogens (primary N) is 1. The minimum absolute atomic E-state index is 0.0612. The zero-order chi connectivity index (χ0) is 29.4.